The third kappa shape index (κ3) is 2.83. The van der Waals surface area contributed by atoms with Gasteiger partial charge in [-0.15, -0.1) is 0 Å². The molecule has 2 aromatic heterocycles. The van der Waals surface area contributed by atoms with Gasteiger partial charge in [0.15, 0.2) is 0 Å². The van der Waals surface area contributed by atoms with Crippen molar-refractivity contribution in [2.45, 2.75) is 32.1 Å². The number of carboxylic acids is 1. The lowest BCUT2D eigenvalue weighted by atomic mass is 9.81. The molecule has 0 radical (unpaired) electrons. The fourth-order valence-corrected chi connectivity index (χ4v) is 4.06. The Kier molecular flexibility index (Phi) is 4.14. The van der Waals surface area contributed by atoms with E-state index in [1.807, 2.05) is 0 Å². The fourth-order valence-electron chi connectivity index (χ4n) is 4.06. The molecular weight excluding hydrogens is 338 g/mol. The lowest BCUT2D eigenvalue weighted by Crippen LogP contribution is -2.37. The summed E-state index contributed by atoms with van der Waals surface area (Å²) in [6.07, 6.45) is 6.14. The average Bonchev–Trinajstić information content (AvgIpc) is 3.34. The van der Waals surface area contributed by atoms with Crippen LogP contribution in [0, 0.1) is 11.3 Å². The smallest absolute Gasteiger partial charge is 0.311 e. The molecule has 9 nitrogen and oxygen atoms in total. The molecule has 26 heavy (non-hydrogen) atoms. The summed E-state index contributed by atoms with van der Waals surface area (Å²) >= 11 is 0. The molecule has 1 saturated heterocycles. The van der Waals surface area contributed by atoms with Crippen LogP contribution < -0.4 is 0 Å². The first-order valence-electron chi connectivity index (χ1n) is 8.70. The molecule has 0 bridgehead atoms. The third-order valence-electron chi connectivity index (χ3n) is 5.44. The highest BCUT2D eigenvalue weighted by Crippen LogP contribution is 2.48. The van der Waals surface area contributed by atoms with Gasteiger partial charge in [-0.25, -0.2) is 9.97 Å². The molecule has 0 unspecified atom stereocenters. The summed E-state index contributed by atoms with van der Waals surface area (Å²) in [4.78, 5) is 38.2. The minimum atomic E-state index is -0.778. The van der Waals surface area contributed by atoms with Crippen LogP contribution in [0.1, 0.15) is 31.6 Å². The summed E-state index contributed by atoms with van der Waals surface area (Å²) in [7, 11) is 0. The quantitative estimate of drug-likeness (QED) is 0.846. The van der Waals surface area contributed by atoms with E-state index < -0.39 is 11.4 Å². The Morgan fingerprint density at radius 1 is 1.31 bits per heavy atom. The third-order valence-corrected chi connectivity index (χ3v) is 5.44. The van der Waals surface area contributed by atoms with Crippen LogP contribution in [-0.4, -0.2) is 55.1 Å². The van der Waals surface area contributed by atoms with E-state index >= 15 is 0 Å². The zero-order valence-electron chi connectivity index (χ0n) is 14.2. The van der Waals surface area contributed by atoms with E-state index in [0.717, 1.165) is 12.8 Å². The maximum atomic E-state index is 12.5. The second kappa shape index (κ2) is 6.47. The van der Waals surface area contributed by atoms with Crippen LogP contribution in [0.5, 0.6) is 0 Å². The lowest BCUT2D eigenvalue weighted by Gasteiger charge is -2.23. The van der Waals surface area contributed by atoms with Crippen LogP contribution in [-0.2, 0) is 16.0 Å². The van der Waals surface area contributed by atoms with Crippen LogP contribution in [0.25, 0.3) is 11.6 Å². The van der Waals surface area contributed by atoms with E-state index in [4.69, 9.17) is 4.52 Å². The molecule has 4 rings (SSSR count). The van der Waals surface area contributed by atoms with Crippen LogP contribution in [0.3, 0.4) is 0 Å². The van der Waals surface area contributed by atoms with Crippen molar-refractivity contribution in [2.75, 3.05) is 13.1 Å². The number of aliphatic carboxylic acids is 1. The normalized spacial score (nSPS) is 24.6. The summed E-state index contributed by atoms with van der Waals surface area (Å²) in [6, 6.07) is 1.69. The van der Waals surface area contributed by atoms with E-state index in [-0.39, 0.29) is 24.1 Å². The van der Waals surface area contributed by atoms with Gasteiger partial charge in [-0.2, -0.15) is 4.98 Å². The molecule has 2 fully saturated rings. The SMILES string of the molecule is O=C(CCc1nc(-c2ncccn2)no1)N1C[C@@H]2CCC[C@@]2(C(=O)O)C1. The Hall–Kier alpha value is -2.84. The number of fused-ring (bicyclic) bond motifs is 1. The molecule has 3 heterocycles. The van der Waals surface area contributed by atoms with Gasteiger partial charge in [0.05, 0.1) is 5.41 Å². The summed E-state index contributed by atoms with van der Waals surface area (Å²) in [6.45, 7) is 0.830. The Morgan fingerprint density at radius 3 is 2.85 bits per heavy atom. The molecule has 2 atom stereocenters. The summed E-state index contributed by atoms with van der Waals surface area (Å²) in [5.74, 6) is 0.205. The highest BCUT2D eigenvalue weighted by atomic mass is 16.5. The number of rotatable bonds is 5. The van der Waals surface area contributed by atoms with Crippen LogP contribution in [0.15, 0.2) is 23.0 Å². The van der Waals surface area contributed by atoms with Gasteiger partial charge in [-0.3, -0.25) is 9.59 Å². The first kappa shape index (κ1) is 16.6. The number of aryl methyl sites for hydroxylation is 1. The largest absolute Gasteiger partial charge is 0.481 e. The molecule has 0 spiro atoms. The first-order chi connectivity index (χ1) is 12.6. The highest BCUT2D eigenvalue weighted by Gasteiger charge is 2.55. The van der Waals surface area contributed by atoms with E-state index in [1.54, 1.807) is 23.4 Å². The van der Waals surface area contributed by atoms with Gasteiger partial charge in [0.2, 0.25) is 23.4 Å². The predicted molar refractivity (Wildman–Crippen MR) is 87.6 cm³/mol. The Morgan fingerprint density at radius 2 is 2.12 bits per heavy atom. The molecule has 1 aliphatic carbocycles. The lowest BCUT2D eigenvalue weighted by molar-refractivity contribution is -0.149. The van der Waals surface area contributed by atoms with Crippen molar-refractivity contribution in [1.82, 2.24) is 25.0 Å². The first-order valence-corrected chi connectivity index (χ1v) is 8.70. The minimum absolute atomic E-state index is 0.0641. The van der Waals surface area contributed by atoms with Gasteiger partial charge in [-0.1, -0.05) is 11.6 Å². The molecule has 9 heteroatoms. The second-order valence-corrected chi connectivity index (χ2v) is 6.91. The minimum Gasteiger partial charge on any atom is -0.481 e. The van der Waals surface area contributed by atoms with E-state index in [9.17, 15) is 14.7 Å². The van der Waals surface area contributed by atoms with Gasteiger partial charge in [0, 0.05) is 38.3 Å². The van der Waals surface area contributed by atoms with Crippen LogP contribution in [0.2, 0.25) is 0 Å². The van der Waals surface area contributed by atoms with Gasteiger partial charge >= 0.3 is 5.97 Å². The van der Waals surface area contributed by atoms with Crippen molar-refractivity contribution in [3.63, 3.8) is 0 Å². The fraction of sp³-hybridized carbons (Fsp3) is 0.529. The van der Waals surface area contributed by atoms with Crippen LogP contribution >= 0.6 is 0 Å². The molecular formula is C17H19N5O4. The number of aromatic nitrogens is 4. The molecule has 1 N–H and O–H groups in total. The average molecular weight is 357 g/mol. The predicted octanol–water partition coefficient (Wildman–Crippen LogP) is 1.17. The van der Waals surface area contributed by atoms with Crippen molar-refractivity contribution in [1.29, 1.82) is 0 Å². The highest BCUT2D eigenvalue weighted by molar-refractivity contribution is 5.81. The Bertz CT molecular complexity index is 824. The van der Waals surface area contributed by atoms with E-state index in [0.29, 0.717) is 37.6 Å². The van der Waals surface area contributed by atoms with Crippen molar-refractivity contribution < 1.29 is 19.2 Å². The van der Waals surface area contributed by atoms with Gasteiger partial charge in [0.1, 0.15) is 0 Å². The number of amides is 1. The van der Waals surface area contributed by atoms with E-state index in [2.05, 4.69) is 20.1 Å². The molecule has 1 saturated carbocycles. The maximum absolute atomic E-state index is 12.5. The molecule has 1 aliphatic heterocycles. The Labute approximate surface area is 149 Å². The number of carbonyl (C=O) groups excluding carboxylic acids is 1. The van der Waals surface area contributed by atoms with Crippen molar-refractivity contribution in [3.05, 3.63) is 24.4 Å². The maximum Gasteiger partial charge on any atom is 0.311 e. The second-order valence-electron chi connectivity index (χ2n) is 6.91. The number of likely N-dealkylation sites (tertiary alicyclic amines) is 1. The Balaban J connectivity index is 1.37. The summed E-state index contributed by atoms with van der Waals surface area (Å²) in [5.41, 5.74) is -0.752. The topological polar surface area (TPSA) is 122 Å². The van der Waals surface area contributed by atoms with Gasteiger partial charge in [-0.05, 0) is 24.8 Å². The molecule has 136 valence electrons. The number of hydrogen-bond donors (Lipinski definition) is 1. The van der Waals surface area contributed by atoms with Crippen molar-refractivity contribution in [2.24, 2.45) is 11.3 Å². The monoisotopic (exact) mass is 357 g/mol. The molecule has 2 aliphatic rings. The molecule has 2 aromatic rings. The van der Waals surface area contributed by atoms with Gasteiger partial charge in [0.25, 0.3) is 0 Å². The summed E-state index contributed by atoms with van der Waals surface area (Å²) in [5, 5.41) is 13.4. The molecule has 1 amide bonds. The van der Waals surface area contributed by atoms with Crippen molar-refractivity contribution >= 4 is 11.9 Å². The number of hydrogen-bond acceptors (Lipinski definition) is 7. The number of carbonyl (C=O) groups is 2. The zero-order valence-corrected chi connectivity index (χ0v) is 14.2. The number of carboxylic acid groups (broad SMARTS) is 1. The van der Waals surface area contributed by atoms with Crippen molar-refractivity contribution in [3.8, 4) is 11.6 Å². The van der Waals surface area contributed by atoms with Gasteiger partial charge < -0.3 is 14.5 Å². The molecule has 0 aromatic carbocycles. The summed E-state index contributed by atoms with van der Waals surface area (Å²) < 4.78 is 5.16. The van der Waals surface area contributed by atoms with Crippen LogP contribution in [0.4, 0.5) is 0 Å². The number of nitrogens with zero attached hydrogens (tertiary/aromatic N) is 5. The standard InChI is InChI=1S/C17H19N5O4/c23-13(22-9-11-3-1-6-17(11,10-22)16(24)25)5-4-12-20-15(21-26-12)14-18-7-2-8-19-14/h2,7-8,11H,1,3-6,9-10H2,(H,24,25)/t11-,17+/m0/s1. The van der Waals surface area contributed by atoms with E-state index in [1.165, 1.54) is 0 Å². The zero-order chi connectivity index (χ0) is 18.1.